The van der Waals surface area contributed by atoms with E-state index in [0.717, 1.165) is 25.7 Å². The van der Waals surface area contributed by atoms with E-state index < -0.39 is 11.5 Å². The van der Waals surface area contributed by atoms with Crippen molar-refractivity contribution in [1.29, 1.82) is 0 Å². The monoisotopic (exact) mass is 225 g/mol. The maximum Gasteiger partial charge on any atom is 0.324 e. The van der Waals surface area contributed by atoms with E-state index in [2.05, 4.69) is 4.90 Å². The Labute approximate surface area is 97.8 Å². The normalized spacial score (nSPS) is 26.1. The standard InChI is InChI=1S/C13H23NO2/c1-14(11-7-3-4-8-11)13(12(15)16)9-5-2-6-10-13/h11H,2-10H2,1H3,(H,15,16). The van der Waals surface area contributed by atoms with Gasteiger partial charge in [0.05, 0.1) is 0 Å². The van der Waals surface area contributed by atoms with Crippen LogP contribution in [0.25, 0.3) is 0 Å². The number of rotatable bonds is 3. The minimum Gasteiger partial charge on any atom is -0.480 e. The van der Waals surface area contributed by atoms with Gasteiger partial charge in [-0.1, -0.05) is 32.1 Å². The van der Waals surface area contributed by atoms with Crippen LogP contribution in [0, 0.1) is 0 Å². The van der Waals surface area contributed by atoms with Crippen LogP contribution in [0.3, 0.4) is 0 Å². The lowest BCUT2D eigenvalue weighted by atomic mass is 9.79. The van der Waals surface area contributed by atoms with E-state index in [1.165, 1.54) is 32.1 Å². The van der Waals surface area contributed by atoms with Crippen molar-refractivity contribution in [3.8, 4) is 0 Å². The highest BCUT2D eigenvalue weighted by molar-refractivity contribution is 5.79. The molecule has 2 fully saturated rings. The highest BCUT2D eigenvalue weighted by Crippen LogP contribution is 2.37. The summed E-state index contributed by atoms with van der Waals surface area (Å²) in [4.78, 5) is 13.8. The molecule has 1 N–H and O–H groups in total. The van der Waals surface area contributed by atoms with Crippen molar-refractivity contribution in [2.24, 2.45) is 0 Å². The first-order chi connectivity index (χ1) is 7.67. The number of nitrogens with zero attached hydrogens (tertiary/aromatic N) is 1. The fraction of sp³-hybridized carbons (Fsp3) is 0.923. The van der Waals surface area contributed by atoms with E-state index in [4.69, 9.17) is 0 Å². The molecule has 0 unspecified atom stereocenters. The lowest BCUT2D eigenvalue weighted by Crippen LogP contribution is -2.57. The van der Waals surface area contributed by atoms with Crippen LogP contribution in [0.2, 0.25) is 0 Å². The maximum atomic E-state index is 11.6. The van der Waals surface area contributed by atoms with Gasteiger partial charge in [0.15, 0.2) is 0 Å². The number of carboxylic acid groups (broad SMARTS) is 1. The molecule has 0 saturated heterocycles. The second-order valence-electron chi connectivity index (χ2n) is 5.45. The van der Waals surface area contributed by atoms with Gasteiger partial charge in [-0.2, -0.15) is 0 Å². The molecule has 3 nitrogen and oxygen atoms in total. The Bertz CT molecular complexity index is 253. The maximum absolute atomic E-state index is 11.6. The minimum absolute atomic E-state index is 0.509. The Kier molecular flexibility index (Phi) is 3.53. The zero-order valence-electron chi connectivity index (χ0n) is 10.2. The zero-order chi connectivity index (χ0) is 11.6. The lowest BCUT2D eigenvalue weighted by Gasteiger charge is -2.44. The summed E-state index contributed by atoms with van der Waals surface area (Å²) >= 11 is 0. The molecule has 0 aromatic rings. The highest BCUT2D eigenvalue weighted by Gasteiger charge is 2.45. The summed E-state index contributed by atoms with van der Waals surface area (Å²) in [5, 5.41) is 9.58. The molecule has 0 aromatic heterocycles. The molecule has 2 aliphatic rings. The molecular weight excluding hydrogens is 202 g/mol. The van der Waals surface area contributed by atoms with Gasteiger partial charge in [0.1, 0.15) is 5.54 Å². The first-order valence-corrected chi connectivity index (χ1v) is 6.63. The number of hydrogen-bond acceptors (Lipinski definition) is 2. The van der Waals surface area contributed by atoms with Crippen molar-refractivity contribution < 1.29 is 9.90 Å². The van der Waals surface area contributed by atoms with E-state index >= 15 is 0 Å². The fourth-order valence-corrected chi connectivity index (χ4v) is 3.50. The summed E-state index contributed by atoms with van der Waals surface area (Å²) in [5.41, 5.74) is -0.548. The third kappa shape index (κ3) is 1.97. The van der Waals surface area contributed by atoms with Crippen molar-refractivity contribution in [2.45, 2.75) is 69.4 Å². The van der Waals surface area contributed by atoms with E-state index in [1.54, 1.807) is 0 Å². The largest absolute Gasteiger partial charge is 0.480 e. The van der Waals surface area contributed by atoms with Crippen LogP contribution in [0.5, 0.6) is 0 Å². The topological polar surface area (TPSA) is 40.5 Å². The van der Waals surface area contributed by atoms with Gasteiger partial charge in [-0.3, -0.25) is 9.69 Å². The average Bonchev–Trinajstić information content (AvgIpc) is 2.82. The van der Waals surface area contributed by atoms with Crippen molar-refractivity contribution in [1.82, 2.24) is 4.90 Å². The molecule has 0 bridgehead atoms. The fourth-order valence-electron chi connectivity index (χ4n) is 3.50. The summed E-state index contributed by atoms with van der Waals surface area (Å²) in [5.74, 6) is -0.596. The molecule has 16 heavy (non-hydrogen) atoms. The number of carbonyl (C=O) groups is 1. The van der Waals surface area contributed by atoms with Crippen molar-refractivity contribution >= 4 is 5.97 Å². The molecule has 3 heteroatoms. The third-order valence-corrected chi connectivity index (χ3v) is 4.63. The molecule has 0 spiro atoms. The van der Waals surface area contributed by atoms with Crippen LogP contribution in [-0.2, 0) is 4.79 Å². The Morgan fingerprint density at radius 1 is 1.12 bits per heavy atom. The van der Waals surface area contributed by atoms with Gasteiger partial charge in [-0.15, -0.1) is 0 Å². The molecule has 0 atom stereocenters. The number of carboxylic acids is 1. The van der Waals surface area contributed by atoms with Gasteiger partial charge in [-0.05, 0) is 32.7 Å². The molecule has 0 aliphatic heterocycles. The molecular formula is C13H23NO2. The molecule has 0 heterocycles. The van der Waals surface area contributed by atoms with E-state index in [1.807, 2.05) is 7.05 Å². The van der Waals surface area contributed by atoms with Gasteiger partial charge < -0.3 is 5.11 Å². The Morgan fingerprint density at radius 3 is 2.19 bits per heavy atom. The molecule has 2 rings (SSSR count). The van der Waals surface area contributed by atoms with Crippen LogP contribution in [0.4, 0.5) is 0 Å². The smallest absolute Gasteiger partial charge is 0.324 e. The second kappa shape index (κ2) is 4.74. The summed E-state index contributed by atoms with van der Waals surface area (Å²) in [6.07, 6.45) is 9.94. The lowest BCUT2D eigenvalue weighted by molar-refractivity contribution is -0.155. The molecule has 0 radical (unpaired) electrons. The molecule has 0 aromatic carbocycles. The Balaban J connectivity index is 2.13. The summed E-state index contributed by atoms with van der Waals surface area (Å²) in [6.45, 7) is 0. The van der Waals surface area contributed by atoms with Crippen molar-refractivity contribution in [3.63, 3.8) is 0 Å². The highest BCUT2D eigenvalue weighted by atomic mass is 16.4. The minimum atomic E-state index is -0.596. The molecule has 2 saturated carbocycles. The first-order valence-electron chi connectivity index (χ1n) is 6.63. The SMILES string of the molecule is CN(C1CCCC1)C1(C(=O)O)CCCCC1. The summed E-state index contributed by atoms with van der Waals surface area (Å²) < 4.78 is 0. The zero-order valence-corrected chi connectivity index (χ0v) is 10.2. The van der Waals surface area contributed by atoms with Crippen LogP contribution in [0.15, 0.2) is 0 Å². The quantitative estimate of drug-likeness (QED) is 0.802. The predicted molar refractivity (Wildman–Crippen MR) is 63.5 cm³/mol. The van der Waals surface area contributed by atoms with Crippen LogP contribution in [0.1, 0.15) is 57.8 Å². The van der Waals surface area contributed by atoms with E-state index in [0.29, 0.717) is 6.04 Å². The van der Waals surface area contributed by atoms with Gasteiger partial charge in [-0.25, -0.2) is 0 Å². The Hall–Kier alpha value is -0.570. The third-order valence-electron chi connectivity index (χ3n) is 4.63. The second-order valence-corrected chi connectivity index (χ2v) is 5.45. The Morgan fingerprint density at radius 2 is 1.69 bits per heavy atom. The van der Waals surface area contributed by atoms with Gasteiger partial charge in [0.25, 0.3) is 0 Å². The number of aliphatic carboxylic acids is 1. The number of likely N-dealkylation sites (N-methyl/N-ethyl adjacent to an activating group) is 1. The first kappa shape index (κ1) is 11.9. The van der Waals surface area contributed by atoms with Crippen LogP contribution in [-0.4, -0.2) is 34.6 Å². The number of hydrogen-bond donors (Lipinski definition) is 1. The average molecular weight is 225 g/mol. The summed E-state index contributed by atoms with van der Waals surface area (Å²) in [7, 11) is 2.04. The molecule has 92 valence electrons. The van der Waals surface area contributed by atoms with Gasteiger partial charge in [0.2, 0.25) is 0 Å². The van der Waals surface area contributed by atoms with Gasteiger partial charge >= 0.3 is 5.97 Å². The summed E-state index contributed by atoms with van der Waals surface area (Å²) in [6, 6.07) is 0.509. The predicted octanol–water partition coefficient (Wildman–Crippen LogP) is 2.65. The van der Waals surface area contributed by atoms with Crippen molar-refractivity contribution in [2.75, 3.05) is 7.05 Å². The van der Waals surface area contributed by atoms with Gasteiger partial charge in [0, 0.05) is 6.04 Å². The van der Waals surface area contributed by atoms with Crippen molar-refractivity contribution in [3.05, 3.63) is 0 Å². The van der Waals surface area contributed by atoms with Crippen LogP contribution >= 0.6 is 0 Å². The van der Waals surface area contributed by atoms with Crippen LogP contribution < -0.4 is 0 Å². The molecule has 0 amide bonds. The molecule has 2 aliphatic carbocycles. The van der Waals surface area contributed by atoms with E-state index in [-0.39, 0.29) is 0 Å². The van der Waals surface area contributed by atoms with E-state index in [9.17, 15) is 9.90 Å².